The number of ether oxygens (including phenoxy) is 1. The molecule has 1 aromatic carbocycles. The number of hydrogen-bond acceptors (Lipinski definition) is 5. The molecule has 0 saturated carbocycles. The fourth-order valence-electron chi connectivity index (χ4n) is 5.27. The molecule has 1 unspecified atom stereocenters. The summed E-state index contributed by atoms with van der Waals surface area (Å²) in [5.74, 6) is 0.216. The third-order valence-electron chi connectivity index (χ3n) is 7.04. The number of fused-ring (bicyclic) bond motifs is 3. The second kappa shape index (κ2) is 10.6. The lowest BCUT2D eigenvalue weighted by atomic mass is 9.73. The molecule has 3 aliphatic rings. The normalized spacial score (nSPS) is 28.5. The van der Waals surface area contributed by atoms with Gasteiger partial charge in [-0.2, -0.15) is 13.2 Å². The molecule has 0 spiro atoms. The summed E-state index contributed by atoms with van der Waals surface area (Å²) in [7, 11) is 0.323. The maximum Gasteiger partial charge on any atom is 0.416 e. The molecule has 4 rings (SSSR count). The summed E-state index contributed by atoms with van der Waals surface area (Å²) >= 11 is 0. The van der Waals surface area contributed by atoms with E-state index >= 15 is 0 Å². The van der Waals surface area contributed by atoms with E-state index in [0.717, 1.165) is 18.9 Å². The molecule has 2 aliphatic heterocycles. The van der Waals surface area contributed by atoms with Gasteiger partial charge in [0.2, 0.25) is 10.0 Å². The molecule has 5 atom stereocenters. The molecular weight excluding hydrogens is 479 g/mol. The number of allylic oxidation sites excluding steroid dienone is 3. The molecule has 1 fully saturated rings. The van der Waals surface area contributed by atoms with Gasteiger partial charge in [-0.05, 0) is 64.5 Å². The van der Waals surface area contributed by atoms with Crippen LogP contribution in [0.1, 0.15) is 42.9 Å². The number of halogens is 3. The highest BCUT2D eigenvalue weighted by molar-refractivity contribution is 7.89. The summed E-state index contributed by atoms with van der Waals surface area (Å²) in [6, 6.07) is 3.79. The first-order valence-electron chi connectivity index (χ1n) is 12.1. The number of anilines is 1. The third kappa shape index (κ3) is 6.47. The Morgan fingerprint density at radius 2 is 2.00 bits per heavy atom. The molecular formula is C25H34F3N3O3S. The van der Waals surface area contributed by atoms with Gasteiger partial charge in [-0.1, -0.05) is 24.3 Å². The van der Waals surface area contributed by atoms with Crippen molar-refractivity contribution in [3.8, 4) is 0 Å². The standard InChI is InChI=1S/C25H34F3N3O3S/c1-31(2)13-6-14-35(32,33)29-16-19-10-11-20-23(17-7-4-3-5-8-17)30-22-12-9-18(25(26,27)28)15-21(22)24(20)34-19/h3-5,7,9,12,15,17,19-20,23-24,29-30H,6,8,10-11,13-14,16H2,1-2H3/t17?,19-,20+,23+,24+/m1/s1. The largest absolute Gasteiger partial charge is 0.416 e. The van der Waals surface area contributed by atoms with Crippen LogP contribution in [0.25, 0.3) is 0 Å². The first-order valence-corrected chi connectivity index (χ1v) is 13.8. The van der Waals surface area contributed by atoms with Crippen LogP contribution in [-0.4, -0.2) is 58.4 Å². The molecule has 10 heteroatoms. The van der Waals surface area contributed by atoms with Crippen molar-refractivity contribution in [1.82, 2.24) is 9.62 Å². The van der Waals surface area contributed by atoms with Gasteiger partial charge in [0.25, 0.3) is 0 Å². The van der Waals surface area contributed by atoms with Gasteiger partial charge in [-0.3, -0.25) is 0 Å². The van der Waals surface area contributed by atoms with Gasteiger partial charge < -0.3 is 15.0 Å². The van der Waals surface area contributed by atoms with Crippen LogP contribution in [0.4, 0.5) is 18.9 Å². The highest BCUT2D eigenvalue weighted by atomic mass is 32.2. The van der Waals surface area contributed by atoms with Crippen molar-refractivity contribution in [3.63, 3.8) is 0 Å². The lowest BCUT2D eigenvalue weighted by Gasteiger charge is -2.47. The molecule has 6 nitrogen and oxygen atoms in total. The van der Waals surface area contributed by atoms with Crippen LogP contribution in [0.2, 0.25) is 0 Å². The minimum absolute atomic E-state index is 0.0138. The number of benzene rings is 1. The van der Waals surface area contributed by atoms with E-state index in [-0.39, 0.29) is 30.2 Å². The SMILES string of the molecule is CN(C)CCCS(=O)(=O)NC[C@H]1CC[C@@H]2[C@H](O1)c1cc(C(F)(F)F)ccc1N[C@H]2C1C=CC=CC1. The molecule has 1 saturated heterocycles. The van der Waals surface area contributed by atoms with Crippen LogP contribution in [0, 0.1) is 11.8 Å². The molecule has 0 aromatic heterocycles. The Bertz CT molecular complexity index is 1060. The molecule has 0 bridgehead atoms. The zero-order valence-corrected chi connectivity index (χ0v) is 20.9. The van der Waals surface area contributed by atoms with E-state index in [2.05, 4.69) is 22.2 Å². The van der Waals surface area contributed by atoms with Gasteiger partial charge in [0, 0.05) is 35.7 Å². The Labute approximate surface area is 205 Å². The molecule has 35 heavy (non-hydrogen) atoms. The average molecular weight is 514 g/mol. The number of nitrogens with one attached hydrogen (secondary N) is 2. The van der Waals surface area contributed by atoms with Gasteiger partial charge in [0.1, 0.15) is 0 Å². The molecule has 194 valence electrons. The first-order chi connectivity index (χ1) is 16.5. The van der Waals surface area contributed by atoms with E-state index in [1.54, 1.807) is 0 Å². The molecule has 1 aliphatic carbocycles. The molecule has 2 heterocycles. The second-order valence-electron chi connectivity index (χ2n) is 9.93. The number of hydrogen-bond donors (Lipinski definition) is 2. The lowest BCUT2D eigenvalue weighted by Crippen LogP contribution is -2.48. The van der Waals surface area contributed by atoms with Crippen LogP contribution in [0.15, 0.2) is 42.5 Å². The predicted octanol–water partition coefficient (Wildman–Crippen LogP) is 4.34. The van der Waals surface area contributed by atoms with E-state index in [4.69, 9.17) is 4.74 Å². The summed E-state index contributed by atoms with van der Waals surface area (Å²) in [4.78, 5) is 1.93. The summed E-state index contributed by atoms with van der Waals surface area (Å²) in [5, 5.41) is 3.50. The van der Waals surface area contributed by atoms with Crippen LogP contribution in [0.5, 0.6) is 0 Å². The van der Waals surface area contributed by atoms with Crippen LogP contribution < -0.4 is 10.0 Å². The molecule has 2 N–H and O–H groups in total. The van der Waals surface area contributed by atoms with Crippen molar-refractivity contribution in [3.05, 3.63) is 53.6 Å². The minimum Gasteiger partial charge on any atom is -0.381 e. The zero-order chi connectivity index (χ0) is 25.2. The summed E-state index contributed by atoms with van der Waals surface area (Å²) in [5.41, 5.74) is 0.440. The number of sulfonamides is 1. The fourth-order valence-corrected chi connectivity index (χ4v) is 6.37. The highest BCUT2D eigenvalue weighted by Crippen LogP contribution is 2.49. The first kappa shape index (κ1) is 26.2. The zero-order valence-electron chi connectivity index (χ0n) is 20.1. The summed E-state index contributed by atoms with van der Waals surface area (Å²) in [6.45, 7) is 0.786. The van der Waals surface area contributed by atoms with Crippen molar-refractivity contribution in [2.45, 2.75) is 50.1 Å². The van der Waals surface area contributed by atoms with Crippen molar-refractivity contribution < 1.29 is 26.3 Å². The van der Waals surface area contributed by atoms with Gasteiger partial charge in [0.15, 0.2) is 0 Å². The number of rotatable bonds is 8. The van der Waals surface area contributed by atoms with Crippen LogP contribution >= 0.6 is 0 Å². The van der Waals surface area contributed by atoms with Crippen LogP contribution in [-0.2, 0) is 20.9 Å². The van der Waals surface area contributed by atoms with Crippen molar-refractivity contribution in [2.75, 3.05) is 38.3 Å². The minimum atomic E-state index is -4.45. The summed E-state index contributed by atoms with van der Waals surface area (Å²) < 4.78 is 74.3. The van der Waals surface area contributed by atoms with Crippen LogP contribution in [0.3, 0.4) is 0 Å². The lowest BCUT2D eigenvalue weighted by molar-refractivity contribution is -0.138. The Morgan fingerprint density at radius 3 is 2.69 bits per heavy atom. The Hall–Kier alpha value is -1.88. The van der Waals surface area contributed by atoms with E-state index < -0.39 is 34.0 Å². The quantitative estimate of drug-likeness (QED) is 0.541. The van der Waals surface area contributed by atoms with E-state index in [0.29, 0.717) is 30.6 Å². The molecule has 0 radical (unpaired) electrons. The van der Waals surface area contributed by atoms with E-state index in [1.807, 2.05) is 31.1 Å². The van der Waals surface area contributed by atoms with E-state index in [1.165, 1.54) is 12.1 Å². The smallest absolute Gasteiger partial charge is 0.381 e. The summed E-state index contributed by atoms with van der Waals surface area (Å²) in [6.07, 6.45) is 5.60. The second-order valence-corrected chi connectivity index (χ2v) is 11.9. The molecule has 0 amide bonds. The monoisotopic (exact) mass is 513 g/mol. The number of nitrogens with zero attached hydrogens (tertiary/aromatic N) is 1. The van der Waals surface area contributed by atoms with Gasteiger partial charge in [-0.25, -0.2) is 13.1 Å². The Balaban J connectivity index is 1.52. The van der Waals surface area contributed by atoms with Gasteiger partial charge in [-0.15, -0.1) is 0 Å². The molecule has 1 aromatic rings. The van der Waals surface area contributed by atoms with Gasteiger partial charge in [0.05, 0.1) is 23.5 Å². The Kier molecular flexibility index (Phi) is 7.95. The highest BCUT2D eigenvalue weighted by Gasteiger charge is 2.45. The average Bonchev–Trinajstić information content (AvgIpc) is 2.81. The fraction of sp³-hybridized carbons (Fsp3) is 0.600. The van der Waals surface area contributed by atoms with E-state index in [9.17, 15) is 21.6 Å². The maximum absolute atomic E-state index is 13.5. The third-order valence-corrected chi connectivity index (χ3v) is 8.48. The van der Waals surface area contributed by atoms with Crippen molar-refractivity contribution >= 4 is 15.7 Å². The Morgan fingerprint density at radius 1 is 1.20 bits per heavy atom. The van der Waals surface area contributed by atoms with Crippen molar-refractivity contribution in [2.24, 2.45) is 11.8 Å². The van der Waals surface area contributed by atoms with Gasteiger partial charge >= 0.3 is 6.18 Å². The predicted molar refractivity (Wildman–Crippen MR) is 131 cm³/mol. The topological polar surface area (TPSA) is 70.7 Å². The van der Waals surface area contributed by atoms with Crippen molar-refractivity contribution in [1.29, 1.82) is 0 Å². The maximum atomic E-state index is 13.5. The number of alkyl halides is 3.